The largest absolute Gasteiger partial charge is 0.391 e. The summed E-state index contributed by atoms with van der Waals surface area (Å²) in [5.74, 6) is 0.797. The molecule has 1 saturated carbocycles. The van der Waals surface area contributed by atoms with E-state index in [4.69, 9.17) is 0 Å². The van der Waals surface area contributed by atoms with Gasteiger partial charge in [-0.3, -0.25) is 4.79 Å². The van der Waals surface area contributed by atoms with E-state index < -0.39 is 0 Å². The smallest absolute Gasteiger partial charge is 0.293 e. The van der Waals surface area contributed by atoms with Crippen LogP contribution in [0.15, 0.2) is 17.2 Å². The second-order valence-corrected chi connectivity index (χ2v) is 5.47. The summed E-state index contributed by atoms with van der Waals surface area (Å²) in [4.78, 5) is 18.5. The van der Waals surface area contributed by atoms with Crippen LogP contribution < -0.4 is 10.5 Å². The van der Waals surface area contributed by atoms with Crippen molar-refractivity contribution >= 4 is 5.82 Å². The number of aliphatic hydroxyl groups excluding tert-OH is 1. The Kier molecular flexibility index (Phi) is 2.86. The third-order valence-electron chi connectivity index (χ3n) is 4.01. The van der Waals surface area contributed by atoms with Crippen LogP contribution in [0.4, 0.5) is 5.82 Å². The third kappa shape index (κ3) is 2.03. The van der Waals surface area contributed by atoms with Crippen LogP contribution in [0, 0.1) is 5.92 Å². The van der Waals surface area contributed by atoms with E-state index in [1.165, 1.54) is 0 Å². The Morgan fingerprint density at radius 1 is 1.39 bits per heavy atom. The van der Waals surface area contributed by atoms with Crippen LogP contribution in [0.3, 0.4) is 0 Å². The standard InChI is InChI=1S/C13H19N3O2/c1-9-4-6-15(8-11(9)17)12-13(18)16(7-5-14-12)10-2-3-10/h5,7,9-11,17H,2-4,6,8H2,1H3. The summed E-state index contributed by atoms with van der Waals surface area (Å²) in [6.45, 7) is 3.36. The highest BCUT2D eigenvalue weighted by Crippen LogP contribution is 2.33. The molecule has 5 heteroatoms. The summed E-state index contributed by atoms with van der Waals surface area (Å²) >= 11 is 0. The molecule has 3 rings (SSSR count). The molecule has 2 aliphatic rings. The first-order chi connectivity index (χ1) is 8.66. The van der Waals surface area contributed by atoms with E-state index in [-0.39, 0.29) is 11.7 Å². The molecule has 18 heavy (non-hydrogen) atoms. The molecular formula is C13H19N3O2. The van der Waals surface area contributed by atoms with E-state index in [9.17, 15) is 9.90 Å². The number of hydrogen-bond donors (Lipinski definition) is 1. The first-order valence-corrected chi connectivity index (χ1v) is 6.67. The Hall–Kier alpha value is -1.36. The van der Waals surface area contributed by atoms with E-state index >= 15 is 0 Å². The van der Waals surface area contributed by atoms with Crippen molar-refractivity contribution < 1.29 is 5.11 Å². The minimum absolute atomic E-state index is 0.0123. The van der Waals surface area contributed by atoms with Crippen molar-refractivity contribution in [1.29, 1.82) is 0 Å². The molecule has 98 valence electrons. The van der Waals surface area contributed by atoms with Gasteiger partial charge < -0.3 is 14.6 Å². The third-order valence-corrected chi connectivity index (χ3v) is 4.01. The van der Waals surface area contributed by atoms with Gasteiger partial charge in [-0.25, -0.2) is 4.98 Å². The average molecular weight is 249 g/mol. The highest BCUT2D eigenvalue weighted by Gasteiger charge is 2.29. The fourth-order valence-electron chi connectivity index (χ4n) is 2.51. The van der Waals surface area contributed by atoms with E-state index in [1.54, 1.807) is 17.0 Å². The van der Waals surface area contributed by atoms with Crippen LogP contribution in [0.2, 0.25) is 0 Å². The number of nitrogens with zero attached hydrogens (tertiary/aromatic N) is 3. The summed E-state index contributed by atoms with van der Waals surface area (Å²) in [5.41, 5.74) is -0.0123. The Morgan fingerprint density at radius 3 is 2.83 bits per heavy atom. The summed E-state index contributed by atoms with van der Waals surface area (Å²) in [6.07, 6.45) is 6.17. The zero-order chi connectivity index (χ0) is 12.7. The molecule has 5 nitrogen and oxygen atoms in total. The lowest BCUT2D eigenvalue weighted by Crippen LogP contribution is -2.45. The van der Waals surface area contributed by atoms with Gasteiger partial charge >= 0.3 is 0 Å². The van der Waals surface area contributed by atoms with Gasteiger partial charge in [0.1, 0.15) is 0 Å². The maximum absolute atomic E-state index is 12.3. The quantitative estimate of drug-likeness (QED) is 0.841. The van der Waals surface area contributed by atoms with Gasteiger partial charge in [0.15, 0.2) is 5.82 Å². The second-order valence-electron chi connectivity index (χ2n) is 5.47. The number of aliphatic hydroxyl groups is 1. The molecule has 0 bridgehead atoms. The van der Waals surface area contributed by atoms with E-state index in [0.29, 0.717) is 24.3 Å². The summed E-state index contributed by atoms with van der Waals surface area (Å²) in [5, 5.41) is 9.91. The van der Waals surface area contributed by atoms with Crippen LogP contribution in [0.5, 0.6) is 0 Å². The van der Waals surface area contributed by atoms with Crippen molar-refractivity contribution in [1.82, 2.24) is 9.55 Å². The molecule has 1 aliphatic carbocycles. The number of anilines is 1. The van der Waals surface area contributed by atoms with E-state index in [0.717, 1.165) is 25.8 Å². The van der Waals surface area contributed by atoms with Crippen molar-refractivity contribution in [3.8, 4) is 0 Å². The predicted octanol–water partition coefficient (Wildman–Crippen LogP) is 0.785. The van der Waals surface area contributed by atoms with Crippen molar-refractivity contribution in [2.24, 2.45) is 5.92 Å². The normalized spacial score (nSPS) is 28.4. The van der Waals surface area contributed by atoms with E-state index in [2.05, 4.69) is 4.98 Å². The molecule has 1 aliphatic heterocycles. The van der Waals surface area contributed by atoms with Crippen LogP contribution in [0.1, 0.15) is 32.2 Å². The molecule has 2 atom stereocenters. The van der Waals surface area contributed by atoms with Gasteiger partial charge in [0.25, 0.3) is 5.56 Å². The van der Waals surface area contributed by atoms with Crippen molar-refractivity contribution in [2.75, 3.05) is 18.0 Å². The van der Waals surface area contributed by atoms with Gasteiger partial charge in [-0.2, -0.15) is 0 Å². The van der Waals surface area contributed by atoms with Gasteiger partial charge in [0.05, 0.1) is 6.10 Å². The molecule has 2 unspecified atom stereocenters. The fraction of sp³-hybridized carbons (Fsp3) is 0.692. The fourth-order valence-corrected chi connectivity index (χ4v) is 2.51. The lowest BCUT2D eigenvalue weighted by atomic mass is 9.96. The molecule has 0 spiro atoms. The van der Waals surface area contributed by atoms with Gasteiger partial charge in [0, 0.05) is 31.5 Å². The van der Waals surface area contributed by atoms with Crippen LogP contribution in [0.25, 0.3) is 0 Å². The Bertz CT molecular complexity index is 495. The molecule has 1 saturated heterocycles. The first-order valence-electron chi connectivity index (χ1n) is 6.67. The molecule has 2 heterocycles. The highest BCUT2D eigenvalue weighted by molar-refractivity contribution is 5.37. The summed E-state index contributed by atoms with van der Waals surface area (Å²) in [7, 11) is 0. The van der Waals surface area contributed by atoms with E-state index in [1.807, 2.05) is 11.8 Å². The SMILES string of the molecule is CC1CCN(c2nccn(C3CC3)c2=O)CC1O. The molecular weight excluding hydrogens is 230 g/mol. The molecule has 0 radical (unpaired) electrons. The molecule has 0 amide bonds. The van der Waals surface area contributed by atoms with Crippen molar-refractivity contribution in [3.63, 3.8) is 0 Å². The predicted molar refractivity (Wildman–Crippen MR) is 68.8 cm³/mol. The Balaban J connectivity index is 1.88. The number of β-amino-alcohol motifs (C(OH)–C–C–N with tert-alkyl or cyclic N) is 1. The number of piperidine rings is 1. The molecule has 0 aromatic carbocycles. The monoisotopic (exact) mass is 249 g/mol. The van der Waals surface area contributed by atoms with Gasteiger partial charge in [-0.05, 0) is 25.2 Å². The zero-order valence-corrected chi connectivity index (χ0v) is 10.6. The van der Waals surface area contributed by atoms with Gasteiger partial charge in [-0.1, -0.05) is 6.92 Å². The number of hydrogen-bond acceptors (Lipinski definition) is 4. The summed E-state index contributed by atoms with van der Waals surface area (Å²) < 4.78 is 1.78. The number of rotatable bonds is 2. The molecule has 1 aromatic rings. The lowest BCUT2D eigenvalue weighted by Gasteiger charge is -2.34. The minimum Gasteiger partial charge on any atom is -0.391 e. The minimum atomic E-state index is -0.366. The molecule has 1 N–H and O–H groups in total. The highest BCUT2D eigenvalue weighted by atomic mass is 16.3. The van der Waals surface area contributed by atoms with Crippen LogP contribution in [-0.2, 0) is 0 Å². The van der Waals surface area contributed by atoms with Crippen molar-refractivity contribution in [3.05, 3.63) is 22.7 Å². The maximum Gasteiger partial charge on any atom is 0.293 e. The lowest BCUT2D eigenvalue weighted by molar-refractivity contribution is 0.102. The molecule has 1 aromatic heterocycles. The molecule has 2 fully saturated rings. The maximum atomic E-state index is 12.3. The van der Waals surface area contributed by atoms with Crippen LogP contribution in [-0.4, -0.2) is 33.9 Å². The first kappa shape index (κ1) is 11.7. The second kappa shape index (κ2) is 4.39. The Morgan fingerprint density at radius 2 is 2.17 bits per heavy atom. The van der Waals surface area contributed by atoms with Crippen molar-refractivity contribution in [2.45, 2.75) is 38.3 Å². The van der Waals surface area contributed by atoms with Gasteiger partial charge in [0.2, 0.25) is 0 Å². The topological polar surface area (TPSA) is 58.4 Å². The summed E-state index contributed by atoms with van der Waals surface area (Å²) in [6, 6.07) is 0.368. The number of aromatic nitrogens is 2. The van der Waals surface area contributed by atoms with Crippen LogP contribution >= 0.6 is 0 Å². The van der Waals surface area contributed by atoms with Gasteiger partial charge in [-0.15, -0.1) is 0 Å². The zero-order valence-electron chi connectivity index (χ0n) is 10.6. The Labute approximate surface area is 106 Å². The average Bonchev–Trinajstić information content (AvgIpc) is 3.17.